The molecule has 1 amide bonds. The van der Waals surface area contributed by atoms with Crippen molar-refractivity contribution in [3.8, 4) is 0 Å². The van der Waals surface area contributed by atoms with Crippen molar-refractivity contribution in [1.29, 1.82) is 0 Å². The summed E-state index contributed by atoms with van der Waals surface area (Å²) >= 11 is 0. The highest BCUT2D eigenvalue weighted by Crippen LogP contribution is 2.32. The van der Waals surface area contributed by atoms with Crippen LogP contribution in [0.15, 0.2) is 0 Å². The number of carbonyl (C=O) groups is 1. The highest BCUT2D eigenvalue weighted by atomic mass is 19.4. The largest absolute Gasteiger partial charge is 0.444 e. The summed E-state index contributed by atoms with van der Waals surface area (Å²) in [5.41, 5.74) is 4.66. The van der Waals surface area contributed by atoms with Crippen LogP contribution in [0.1, 0.15) is 33.6 Å². The molecule has 1 aliphatic rings. The summed E-state index contributed by atoms with van der Waals surface area (Å²) in [4.78, 5) is 12.5. The van der Waals surface area contributed by atoms with E-state index in [1.165, 1.54) is 0 Å². The number of nitrogens with two attached hydrogens (primary N) is 1. The van der Waals surface area contributed by atoms with Crippen molar-refractivity contribution < 1.29 is 22.7 Å². The molecule has 106 valence electrons. The minimum absolute atomic E-state index is 0.0206. The van der Waals surface area contributed by atoms with Gasteiger partial charge in [0.05, 0.1) is 0 Å². The maximum Gasteiger partial charge on any atom is 0.410 e. The van der Waals surface area contributed by atoms with Crippen LogP contribution < -0.4 is 5.73 Å². The third-order valence-electron chi connectivity index (χ3n) is 2.64. The van der Waals surface area contributed by atoms with Gasteiger partial charge in [0.25, 0.3) is 0 Å². The zero-order chi connectivity index (χ0) is 14.1. The van der Waals surface area contributed by atoms with Crippen molar-refractivity contribution in [2.24, 2.45) is 5.73 Å². The first-order valence-electron chi connectivity index (χ1n) is 5.84. The molecule has 18 heavy (non-hydrogen) atoms. The topological polar surface area (TPSA) is 55.6 Å². The van der Waals surface area contributed by atoms with Crippen molar-refractivity contribution in [1.82, 2.24) is 4.90 Å². The second-order valence-electron chi connectivity index (χ2n) is 5.47. The zero-order valence-corrected chi connectivity index (χ0v) is 10.8. The number of likely N-dealkylation sites (tertiary alicyclic amines) is 1. The van der Waals surface area contributed by atoms with Gasteiger partial charge in [-0.15, -0.1) is 0 Å². The number of piperidine rings is 1. The van der Waals surface area contributed by atoms with E-state index in [0.29, 0.717) is 11.3 Å². The molecule has 1 saturated heterocycles. The number of amides is 1. The van der Waals surface area contributed by atoms with Gasteiger partial charge in [-0.25, -0.2) is 4.79 Å². The van der Waals surface area contributed by atoms with Crippen LogP contribution in [0.3, 0.4) is 0 Å². The van der Waals surface area contributed by atoms with Crippen LogP contribution in [-0.4, -0.2) is 41.4 Å². The molecule has 0 saturated carbocycles. The summed E-state index contributed by atoms with van der Waals surface area (Å²) < 4.78 is 43.7. The Kier molecular flexibility index (Phi) is 4.15. The Hall–Kier alpha value is -0.980. The molecule has 2 N–H and O–H groups in total. The van der Waals surface area contributed by atoms with Gasteiger partial charge in [0.2, 0.25) is 0 Å². The number of carbonyl (C=O) groups excluding carboxylic acids is 1. The quantitative estimate of drug-likeness (QED) is 0.733. The fraction of sp³-hybridized carbons (Fsp3) is 0.909. The molecule has 7 heteroatoms. The predicted octanol–water partition coefficient (Wildman–Crippen LogP) is 2.28. The van der Waals surface area contributed by atoms with Crippen LogP contribution in [-0.2, 0) is 4.74 Å². The highest BCUT2D eigenvalue weighted by molar-refractivity contribution is 5.69. The van der Waals surface area contributed by atoms with E-state index in [-0.39, 0.29) is 13.0 Å². The second-order valence-corrected chi connectivity index (χ2v) is 5.47. The Morgan fingerprint density at radius 2 is 1.89 bits per heavy atom. The maximum atomic E-state index is 12.9. The van der Waals surface area contributed by atoms with E-state index in [1.807, 2.05) is 0 Å². The summed E-state index contributed by atoms with van der Waals surface area (Å²) in [6, 6.07) is -3.05. The molecule has 1 aliphatic heterocycles. The molecule has 1 rings (SSSR count). The lowest BCUT2D eigenvalue weighted by molar-refractivity contribution is -0.191. The van der Waals surface area contributed by atoms with Crippen LogP contribution in [0, 0.1) is 0 Å². The number of halogens is 3. The number of hydrogen-bond acceptors (Lipinski definition) is 3. The Morgan fingerprint density at radius 1 is 1.33 bits per heavy atom. The van der Waals surface area contributed by atoms with Gasteiger partial charge in [0, 0.05) is 12.6 Å². The number of ether oxygens (including phenoxy) is 1. The average Bonchev–Trinajstić information content (AvgIpc) is 2.12. The maximum absolute atomic E-state index is 12.9. The summed E-state index contributed by atoms with van der Waals surface area (Å²) in [6.45, 7) is 4.85. The fourth-order valence-electron chi connectivity index (χ4n) is 1.97. The summed E-state index contributed by atoms with van der Waals surface area (Å²) in [5, 5.41) is 0. The van der Waals surface area contributed by atoms with E-state index >= 15 is 0 Å². The van der Waals surface area contributed by atoms with E-state index in [4.69, 9.17) is 10.5 Å². The lowest BCUT2D eigenvalue weighted by atomic mass is 9.97. The number of hydrogen-bond donors (Lipinski definition) is 1. The molecular weight excluding hydrogens is 249 g/mol. The van der Waals surface area contributed by atoms with Crippen LogP contribution in [0.2, 0.25) is 0 Å². The Bertz CT molecular complexity index is 312. The van der Waals surface area contributed by atoms with E-state index in [1.54, 1.807) is 20.8 Å². The second kappa shape index (κ2) is 4.95. The lowest BCUT2D eigenvalue weighted by Gasteiger charge is -2.40. The summed E-state index contributed by atoms with van der Waals surface area (Å²) in [6.07, 6.45) is -4.78. The molecule has 2 atom stereocenters. The van der Waals surface area contributed by atoms with E-state index in [9.17, 15) is 18.0 Å². The Labute approximate surface area is 104 Å². The first-order valence-corrected chi connectivity index (χ1v) is 5.84. The predicted molar refractivity (Wildman–Crippen MR) is 60.0 cm³/mol. The van der Waals surface area contributed by atoms with E-state index in [0.717, 1.165) is 0 Å². The minimum atomic E-state index is -4.53. The smallest absolute Gasteiger partial charge is 0.410 e. The summed E-state index contributed by atoms with van der Waals surface area (Å²) in [5.74, 6) is 0. The van der Waals surface area contributed by atoms with Gasteiger partial charge in [-0.05, 0) is 33.6 Å². The lowest BCUT2D eigenvalue weighted by Crippen LogP contribution is -2.61. The van der Waals surface area contributed by atoms with Crippen molar-refractivity contribution in [2.45, 2.75) is 57.5 Å². The number of alkyl halides is 3. The van der Waals surface area contributed by atoms with Crippen molar-refractivity contribution >= 4 is 6.09 Å². The average molecular weight is 268 g/mol. The third kappa shape index (κ3) is 3.76. The molecule has 1 heterocycles. The zero-order valence-electron chi connectivity index (χ0n) is 10.8. The standard InChI is InChI=1S/C11H19F3N2O2/c1-10(2,3)18-9(17)16-6-4-5-7(15)8(16)11(12,13)14/h7-8H,4-6,15H2,1-3H3/t7-,8+/m0/s1. The van der Waals surface area contributed by atoms with Crippen LogP contribution in [0.5, 0.6) is 0 Å². The highest BCUT2D eigenvalue weighted by Gasteiger charge is 2.51. The normalized spacial score (nSPS) is 26.1. The van der Waals surface area contributed by atoms with Crippen LogP contribution >= 0.6 is 0 Å². The summed E-state index contributed by atoms with van der Waals surface area (Å²) in [7, 11) is 0. The van der Waals surface area contributed by atoms with Gasteiger partial charge in [0.1, 0.15) is 11.6 Å². The van der Waals surface area contributed by atoms with E-state index in [2.05, 4.69) is 0 Å². The number of nitrogens with zero attached hydrogens (tertiary/aromatic N) is 1. The molecule has 0 radical (unpaired) electrons. The van der Waals surface area contributed by atoms with Crippen molar-refractivity contribution in [3.63, 3.8) is 0 Å². The SMILES string of the molecule is CC(C)(C)OC(=O)N1CCC[C@H](N)[C@@H]1C(F)(F)F. The van der Waals surface area contributed by atoms with Gasteiger partial charge >= 0.3 is 12.3 Å². The molecule has 0 aliphatic carbocycles. The molecule has 0 unspecified atom stereocenters. The molecule has 0 bridgehead atoms. The van der Waals surface area contributed by atoms with Gasteiger partial charge in [-0.3, -0.25) is 4.90 Å². The Balaban J connectivity index is 2.87. The number of rotatable bonds is 0. The van der Waals surface area contributed by atoms with Gasteiger partial charge < -0.3 is 10.5 Å². The molecule has 0 spiro atoms. The molecule has 0 aromatic carbocycles. The van der Waals surface area contributed by atoms with Crippen LogP contribution in [0.4, 0.5) is 18.0 Å². The van der Waals surface area contributed by atoms with E-state index < -0.39 is 30.0 Å². The Morgan fingerprint density at radius 3 is 2.33 bits per heavy atom. The molecule has 0 aromatic rings. The molecule has 4 nitrogen and oxygen atoms in total. The molecular formula is C11H19F3N2O2. The van der Waals surface area contributed by atoms with Gasteiger partial charge in [-0.2, -0.15) is 13.2 Å². The molecule has 0 aromatic heterocycles. The third-order valence-corrected chi connectivity index (χ3v) is 2.64. The van der Waals surface area contributed by atoms with Crippen molar-refractivity contribution in [2.75, 3.05) is 6.54 Å². The monoisotopic (exact) mass is 268 g/mol. The fourth-order valence-corrected chi connectivity index (χ4v) is 1.97. The molecule has 1 fully saturated rings. The van der Waals surface area contributed by atoms with Crippen molar-refractivity contribution in [3.05, 3.63) is 0 Å². The first-order chi connectivity index (χ1) is 8.02. The van der Waals surface area contributed by atoms with Gasteiger partial charge in [0.15, 0.2) is 0 Å². The van der Waals surface area contributed by atoms with Crippen LogP contribution in [0.25, 0.3) is 0 Å². The minimum Gasteiger partial charge on any atom is -0.444 e. The first kappa shape index (κ1) is 15.1. The van der Waals surface area contributed by atoms with Gasteiger partial charge in [-0.1, -0.05) is 0 Å².